The molecule has 1 aliphatic rings. The molecule has 0 radical (unpaired) electrons. The van der Waals surface area contributed by atoms with Gasteiger partial charge in [-0.3, -0.25) is 4.57 Å². The third-order valence-electron chi connectivity index (χ3n) is 3.08. The predicted molar refractivity (Wildman–Crippen MR) is 73.5 cm³/mol. The Morgan fingerprint density at radius 3 is 2.28 bits per heavy atom. The molecule has 1 aliphatic carbocycles. The van der Waals surface area contributed by atoms with Gasteiger partial charge in [0.2, 0.25) is 0 Å². The molecule has 1 fully saturated rings. The molecule has 5 heteroatoms. The Balaban J connectivity index is 2.08. The fourth-order valence-electron chi connectivity index (χ4n) is 2.19. The van der Waals surface area contributed by atoms with Crippen LogP contribution in [0, 0.1) is 0 Å². The summed E-state index contributed by atoms with van der Waals surface area (Å²) in [5.74, 6) is 0.270. The number of hydrogen-bond donors (Lipinski definition) is 0. The van der Waals surface area contributed by atoms with Crippen LogP contribution in [-0.2, 0) is 13.6 Å². The highest BCUT2D eigenvalue weighted by molar-refractivity contribution is 7.55. The molecule has 0 amide bonds. The third-order valence-corrected chi connectivity index (χ3v) is 5.95. The molecule has 1 aromatic carbocycles. The maximum absolute atomic E-state index is 12.6. The summed E-state index contributed by atoms with van der Waals surface area (Å²) in [5.41, 5.74) is 1.16. The monoisotopic (exact) mass is 288 g/mol. The second kappa shape index (κ2) is 5.75. The zero-order valence-electron chi connectivity index (χ0n) is 10.6. The Labute approximate surface area is 113 Å². The lowest BCUT2D eigenvalue weighted by molar-refractivity contribution is 0.218. The Bertz CT molecular complexity index is 436. The van der Waals surface area contributed by atoms with Gasteiger partial charge in [-0.2, -0.15) is 0 Å². The molecule has 0 saturated heterocycles. The first kappa shape index (κ1) is 14.1. The molecule has 1 saturated carbocycles. The van der Waals surface area contributed by atoms with Crippen LogP contribution in [0.25, 0.3) is 0 Å². The van der Waals surface area contributed by atoms with E-state index in [9.17, 15) is 4.57 Å². The molecule has 3 nitrogen and oxygen atoms in total. The van der Waals surface area contributed by atoms with Crippen LogP contribution in [0.5, 0.6) is 0 Å². The highest BCUT2D eigenvalue weighted by atomic mass is 35.5. The Kier molecular flexibility index (Phi) is 4.50. The molecule has 2 unspecified atom stereocenters. The molecule has 2 atom stereocenters. The van der Waals surface area contributed by atoms with Gasteiger partial charge in [0.25, 0.3) is 0 Å². The SMILES string of the molecule is CCOP(=O)(OCC)C1CC1c1ccc(Cl)cc1. The quantitative estimate of drug-likeness (QED) is 0.725. The van der Waals surface area contributed by atoms with Crippen molar-refractivity contribution in [1.29, 1.82) is 0 Å². The average Bonchev–Trinajstić information content (AvgIpc) is 3.11. The topological polar surface area (TPSA) is 35.5 Å². The second-order valence-corrected chi connectivity index (χ2v) is 7.03. The molecule has 0 aromatic heterocycles. The van der Waals surface area contributed by atoms with E-state index in [1.807, 2.05) is 38.1 Å². The summed E-state index contributed by atoms with van der Waals surface area (Å²) in [6.07, 6.45) is 0.860. The lowest BCUT2D eigenvalue weighted by atomic mass is 10.1. The lowest BCUT2D eigenvalue weighted by Crippen LogP contribution is -2.02. The van der Waals surface area contributed by atoms with Gasteiger partial charge < -0.3 is 9.05 Å². The van der Waals surface area contributed by atoms with Crippen molar-refractivity contribution in [2.45, 2.75) is 31.8 Å². The second-order valence-electron chi connectivity index (χ2n) is 4.34. The minimum absolute atomic E-state index is 0.00132. The summed E-state index contributed by atoms with van der Waals surface area (Å²) in [6.45, 7) is 4.51. The van der Waals surface area contributed by atoms with Crippen LogP contribution in [0.15, 0.2) is 24.3 Å². The van der Waals surface area contributed by atoms with Gasteiger partial charge in [0.15, 0.2) is 0 Å². The van der Waals surface area contributed by atoms with E-state index in [4.69, 9.17) is 20.6 Å². The summed E-state index contributed by atoms with van der Waals surface area (Å²) in [4.78, 5) is 0. The molecule has 18 heavy (non-hydrogen) atoms. The van der Waals surface area contributed by atoms with Gasteiger partial charge in [-0.25, -0.2) is 0 Å². The minimum Gasteiger partial charge on any atom is -0.309 e. The summed E-state index contributed by atoms with van der Waals surface area (Å²) in [6, 6.07) is 7.68. The lowest BCUT2D eigenvalue weighted by Gasteiger charge is -2.17. The van der Waals surface area contributed by atoms with E-state index in [2.05, 4.69) is 0 Å². The molecular formula is C13H18ClO3P. The van der Waals surface area contributed by atoms with Crippen LogP contribution < -0.4 is 0 Å². The standard InChI is InChI=1S/C13H18ClO3P/c1-3-16-18(15,17-4-2)13-9-12(13)10-5-7-11(14)8-6-10/h5-8,12-13H,3-4,9H2,1-2H3. The van der Waals surface area contributed by atoms with E-state index >= 15 is 0 Å². The van der Waals surface area contributed by atoms with E-state index < -0.39 is 7.60 Å². The summed E-state index contributed by atoms with van der Waals surface area (Å²) >= 11 is 5.86. The van der Waals surface area contributed by atoms with Gasteiger partial charge in [-0.15, -0.1) is 0 Å². The van der Waals surface area contributed by atoms with Crippen LogP contribution >= 0.6 is 19.2 Å². The van der Waals surface area contributed by atoms with E-state index in [1.54, 1.807) is 0 Å². The third kappa shape index (κ3) is 2.97. The zero-order valence-corrected chi connectivity index (χ0v) is 12.3. The van der Waals surface area contributed by atoms with Crippen molar-refractivity contribution >= 4 is 19.2 Å². The fraction of sp³-hybridized carbons (Fsp3) is 0.538. The van der Waals surface area contributed by atoms with Crippen molar-refractivity contribution < 1.29 is 13.6 Å². The highest BCUT2D eigenvalue weighted by Gasteiger charge is 2.53. The molecule has 0 heterocycles. The number of benzene rings is 1. The van der Waals surface area contributed by atoms with Gasteiger partial charge in [0, 0.05) is 5.02 Å². The van der Waals surface area contributed by atoms with E-state index in [0.29, 0.717) is 18.2 Å². The van der Waals surface area contributed by atoms with Crippen molar-refractivity contribution in [3.63, 3.8) is 0 Å². The minimum atomic E-state index is -2.95. The molecule has 0 aliphatic heterocycles. The number of halogens is 1. The molecule has 1 aromatic rings. The van der Waals surface area contributed by atoms with E-state index in [1.165, 1.54) is 0 Å². The van der Waals surface area contributed by atoms with Crippen LogP contribution in [-0.4, -0.2) is 18.9 Å². The number of hydrogen-bond acceptors (Lipinski definition) is 3. The molecular weight excluding hydrogens is 271 g/mol. The van der Waals surface area contributed by atoms with Crippen LogP contribution in [0.1, 0.15) is 31.7 Å². The Morgan fingerprint density at radius 1 is 1.22 bits per heavy atom. The molecule has 100 valence electrons. The molecule has 0 N–H and O–H groups in total. The van der Waals surface area contributed by atoms with Gasteiger partial charge in [-0.05, 0) is 43.9 Å². The zero-order chi connectivity index (χ0) is 13.2. The molecule has 0 bridgehead atoms. The van der Waals surface area contributed by atoms with Gasteiger partial charge >= 0.3 is 7.60 Å². The first-order chi connectivity index (χ1) is 8.60. The maximum atomic E-state index is 12.6. The van der Waals surface area contributed by atoms with Crippen molar-refractivity contribution in [1.82, 2.24) is 0 Å². The number of rotatable bonds is 6. The average molecular weight is 289 g/mol. The first-order valence-corrected chi connectivity index (χ1v) is 8.24. The smallest absolute Gasteiger partial charge is 0.309 e. The normalized spacial score (nSPS) is 23.1. The van der Waals surface area contributed by atoms with Crippen molar-refractivity contribution in [2.75, 3.05) is 13.2 Å². The maximum Gasteiger partial charge on any atom is 0.334 e. The predicted octanol–water partition coefficient (Wildman–Crippen LogP) is 4.46. The van der Waals surface area contributed by atoms with Crippen LogP contribution in [0.3, 0.4) is 0 Å². The van der Waals surface area contributed by atoms with E-state index in [-0.39, 0.29) is 11.6 Å². The highest BCUT2D eigenvalue weighted by Crippen LogP contribution is 2.68. The van der Waals surface area contributed by atoms with Crippen LogP contribution in [0.4, 0.5) is 0 Å². The van der Waals surface area contributed by atoms with Gasteiger partial charge in [-0.1, -0.05) is 23.7 Å². The Hall–Kier alpha value is -0.340. The first-order valence-electron chi connectivity index (χ1n) is 6.25. The summed E-state index contributed by atoms with van der Waals surface area (Å²) < 4.78 is 23.3. The van der Waals surface area contributed by atoms with Crippen LogP contribution in [0.2, 0.25) is 5.02 Å². The summed E-state index contributed by atoms with van der Waals surface area (Å²) in [5, 5.41) is 0.716. The fourth-order valence-corrected chi connectivity index (χ4v) is 4.59. The van der Waals surface area contributed by atoms with Gasteiger partial charge in [0.05, 0.1) is 18.9 Å². The van der Waals surface area contributed by atoms with Crippen molar-refractivity contribution in [3.8, 4) is 0 Å². The summed E-state index contributed by atoms with van der Waals surface area (Å²) in [7, 11) is -2.95. The largest absolute Gasteiger partial charge is 0.334 e. The van der Waals surface area contributed by atoms with Gasteiger partial charge in [0.1, 0.15) is 0 Å². The molecule has 0 spiro atoms. The van der Waals surface area contributed by atoms with Crippen molar-refractivity contribution in [3.05, 3.63) is 34.9 Å². The van der Waals surface area contributed by atoms with E-state index in [0.717, 1.165) is 12.0 Å². The Morgan fingerprint density at radius 2 is 1.78 bits per heavy atom. The van der Waals surface area contributed by atoms with Crippen molar-refractivity contribution in [2.24, 2.45) is 0 Å². The molecule has 2 rings (SSSR count).